The summed E-state index contributed by atoms with van der Waals surface area (Å²) >= 11 is 3.45. The number of alkyl halides is 1. The molecule has 0 atom stereocenters. The van der Waals surface area contributed by atoms with E-state index in [1.807, 2.05) is 31.3 Å². The van der Waals surface area contributed by atoms with Gasteiger partial charge >= 0.3 is 0 Å². The molecule has 2 aromatic heterocycles. The molecule has 0 aliphatic carbocycles. The molecule has 0 aromatic carbocycles. The van der Waals surface area contributed by atoms with Gasteiger partial charge < -0.3 is 9.14 Å². The monoisotopic (exact) mass is 268 g/mol. The highest BCUT2D eigenvalue weighted by Crippen LogP contribution is 2.16. The van der Waals surface area contributed by atoms with Gasteiger partial charge in [0.25, 0.3) is 0 Å². The SMILES string of the molecule is CCOCc1c(CBr)nc2ccccn12. The standard InChI is InChI=1S/C11H13BrN2O/c1-2-15-8-10-9(7-12)13-11-5-3-4-6-14(10)11/h3-6H,2,7-8H2,1H3. The van der Waals surface area contributed by atoms with Gasteiger partial charge in [-0.05, 0) is 19.1 Å². The Morgan fingerprint density at radius 2 is 2.33 bits per heavy atom. The van der Waals surface area contributed by atoms with Gasteiger partial charge in [0.15, 0.2) is 0 Å². The molecule has 0 spiro atoms. The van der Waals surface area contributed by atoms with Crippen molar-refractivity contribution in [2.75, 3.05) is 6.61 Å². The summed E-state index contributed by atoms with van der Waals surface area (Å²) in [4.78, 5) is 4.52. The van der Waals surface area contributed by atoms with Gasteiger partial charge in [0.1, 0.15) is 5.65 Å². The maximum absolute atomic E-state index is 5.45. The van der Waals surface area contributed by atoms with E-state index in [4.69, 9.17) is 4.74 Å². The molecule has 0 fully saturated rings. The second kappa shape index (κ2) is 4.77. The summed E-state index contributed by atoms with van der Waals surface area (Å²) in [5.74, 6) is 0. The summed E-state index contributed by atoms with van der Waals surface area (Å²) in [7, 11) is 0. The van der Waals surface area contributed by atoms with Crippen LogP contribution < -0.4 is 0 Å². The van der Waals surface area contributed by atoms with E-state index in [1.165, 1.54) is 0 Å². The van der Waals surface area contributed by atoms with E-state index >= 15 is 0 Å². The van der Waals surface area contributed by atoms with Crippen LogP contribution in [0.15, 0.2) is 24.4 Å². The van der Waals surface area contributed by atoms with Gasteiger partial charge in [-0.15, -0.1) is 0 Å². The highest BCUT2D eigenvalue weighted by molar-refractivity contribution is 9.08. The Labute approximate surface area is 97.2 Å². The Morgan fingerprint density at radius 3 is 3.07 bits per heavy atom. The molecule has 0 saturated heterocycles. The summed E-state index contributed by atoms with van der Waals surface area (Å²) in [6.45, 7) is 3.33. The molecule has 0 radical (unpaired) electrons. The third-order valence-corrected chi connectivity index (χ3v) is 2.81. The fourth-order valence-electron chi connectivity index (χ4n) is 1.55. The van der Waals surface area contributed by atoms with Crippen LogP contribution in [0.2, 0.25) is 0 Å². The highest BCUT2D eigenvalue weighted by atomic mass is 79.9. The average Bonchev–Trinajstić information content (AvgIpc) is 2.64. The zero-order chi connectivity index (χ0) is 10.7. The topological polar surface area (TPSA) is 26.5 Å². The predicted molar refractivity (Wildman–Crippen MR) is 63.2 cm³/mol. The van der Waals surface area contributed by atoms with Crippen LogP contribution in [0, 0.1) is 0 Å². The van der Waals surface area contributed by atoms with Crippen molar-refractivity contribution in [2.45, 2.75) is 18.9 Å². The second-order valence-electron chi connectivity index (χ2n) is 3.20. The molecule has 0 amide bonds. The molecular weight excluding hydrogens is 256 g/mol. The van der Waals surface area contributed by atoms with Crippen molar-refractivity contribution in [3.05, 3.63) is 35.8 Å². The predicted octanol–water partition coefficient (Wildman–Crippen LogP) is 2.77. The number of imidazole rings is 1. The van der Waals surface area contributed by atoms with Gasteiger partial charge in [-0.1, -0.05) is 22.0 Å². The number of halogens is 1. The molecule has 2 rings (SSSR count). The molecule has 0 aliphatic rings. The molecule has 4 heteroatoms. The Kier molecular flexibility index (Phi) is 3.38. The third kappa shape index (κ3) is 2.06. The Hall–Kier alpha value is -0.870. The van der Waals surface area contributed by atoms with Gasteiger partial charge in [0.2, 0.25) is 0 Å². The van der Waals surface area contributed by atoms with Crippen molar-refractivity contribution in [1.29, 1.82) is 0 Å². The van der Waals surface area contributed by atoms with Crippen molar-refractivity contribution >= 4 is 21.6 Å². The number of nitrogens with zero attached hydrogens (tertiary/aromatic N) is 2. The van der Waals surface area contributed by atoms with Crippen LogP contribution in [-0.2, 0) is 16.7 Å². The number of pyridine rings is 1. The maximum atomic E-state index is 5.45. The average molecular weight is 269 g/mol. The number of aromatic nitrogens is 2. The summed E-state index contributed by atoms with van der Waals surface area (Å²) in [5.41, 5.74) is 3.15. The minimum absolute atomic E-state index is 0.614. The number of fused-ring (bicyclic) bond motifs is 1. The van der Waals surface area contributed by atoms with Crippen LogP contribution >= 0.6 is 15.9 Å². The van der Waals surface area contributed by atoms with Crippen LogP contribution in [0.5, 0.6) is 0 Å². The van der Waals surface area contributed by atoms with E-state index in [-0.39, 0.29) is 0 Å². The molecule has 15 heavy (non-hydrogen) atoms. The largest absolute Gasteiger partial charge is 0.375 e. The van der Waals surface area contributed by atoms with Crippen LogP contribution in [0.3, 0.4) is 0 Å². The number of hydrogen-bond donors (Lipinski definition) is 0. The fraction of sp³-hybridized carbons (Fsp3) is 0.364. The lowest BCUT2D eigenvalue weighted by atomic mass is 10.3. The Morgan fingerprint density at radius 1 is 1.47 bits per heavy atom. The highest BCUT2D eigenvalue weighted by Gasteiger charge is 2.09. The minimum Gasteiger partial charge on any atom is -0.375 e. The Balaban J connectivity index is 2.47. The summed E-state index contributed by atoms with van der Waals surface area (Å²) in [6.07, 6.45) is 2.02. The molecule has 0 saturated carbocycles. The zero-order valence-electron chi connectivity index (χ0n) is 8.61. The van der Waals surface area contributed by atoms with Crippen molar-refractivity contribution in [2.24, 2.45) is 0 Å². The first-order chi connectivity index (χ1) is 7.36. The van der Waals surface area contributed by atoms with Gasteiger partial charge in [-0.25, -0.2) is 4.98 Å². The van der Waals surface area contributed by atoms with Crippen LogP contribution in [0.1, 0.15) is 18.3 Å². The molecule has 0 aliphatic heterocycles. The molecule has 80 valence electrons. The summed E-state index contributed by atoms with van der Waals surface area (Å²) in [5, 5.41) is 0.761. The Bertz CT molecular complexity index is 453. The third-order valence-electron chi connectivity index (χ3n) is 2.28. The zero-order valence-corrected chi connectivity index (χ0v) is 10.2. The lowest BCUT2D eigenvalue weighted by molar-refractivity contribution is 0.130. The van der Waals surface area contributed by atoms with Crippen molar-refractivity contribution < 1.29 is 4.74 Å². The maximum Gasteiger partial charge on any atom is 0.137 e. The second-order valence-corrected chi connectivity index (χ2v) is 3.77. The van der Waals surface area contributed by atoms with Crippen LogP contribution in [0.4, 0.5) is 0 Å². The number of rotatable bonds is 4. The van der Waals surface area contributed by atoms with Gasteiger partial charge in [0.05, 0.1) is 18.0 Å². The van der Waals surface area contributed by atoms with Crippen molar-refractivity contribution in [3.8, 4) is 0 Å². The number of hydrogen-bond acceptors (Lipinski definition) is 2. The van der Waals surface area contributed by atoms with E-state index in [0.29, 0.717) is 6.61 Å². The normalized spacial score (nSPS) is 11.1. The smallest absolute Gasteiger partial charge is 0.137 e. The minimum atomic E-state index is 0.614. The molecule has 2 aromatic rings. The molecule has 2 heterocycles. The van der Waals surface area contributed by atoms with Gasteiger partial charge in [-0.2, -0.15) is 0 Å². The lowest BCUT2D eigenvalue weighted by Gasteiger charge is -2.03. The van der Waals surface area contributed by atoms with Gasteiger partial charge in [0, 0.05) is 18.1 Å². The molecule has 3 nitrogen and oxygen atoms in total. The van der Waals surface area contributed by atoms with Crippen LogP contribution in [0.25, 0.3) is 5.65 Å². The van der Waals surface area contributed by atoms with Crippen LogP contribution in [-0.4, -0.2) is 16.0 Å². The van der Waals surface area contributed by atoms with Crippen molar-refractivity contribution in [3.63, 3.8) is 0 Å². The first-order valence-corrected chi connectivity index (χ1v) is 6.07. The first kappa shape index (κ1) is 10.6. The molecule has 0 bridgehead atoms. The van der Waals surface area contributed by atoms with E-state index in [1.54, 1.807) is 0 Å². The fourth-order valence-corrected chi connectivity index (χ4v) is 2.00. The summed E-state index contributed by atoms with van der Waals surface area (Å²) in [6, 6.07) is 5.99. The summed E-state index contributed by atoms with van der Waals surface area (Å²) < 4.78 is 7.52. The molecular formula is C11H13BrN2O. The van der Waals surface area contributed by atoms with E-state index in [2.05, 4.69) is 25.3 Å². The lowest BCUT2D eigenvalue weighted by Crippen LogP contribution is -1.99. The van der Waals surface area contributed by atoms with E-state index in [9.17, 15) is 0 Å². The quantitative estimate of drug-likeness (QED) is 0.798. The first-order valence-electron chi connectivity index (χ1n) is 4.95. The molecule has 0 N–H and O–H groups in total. The van der Waals surface area contributed by atoms with E-state index < -0.39 is 0 Å². The van der Waals surface area contributed by atoms with E-state index in [0.717, 1.165) is 29.0 Å². The molecule has 0 unspecified atom stereocenters. The van der Waals surface area contributed by atoms with Gasteiger partial charge in [-0.3, -0.25) is 0 Å². The van der Waals surface area contributed by atoms with Crippen molar-refractivity contribution in [1.82, 2.24) is 9.38 Å². The number of ether oxygens (including phenoxy) is 1.